The average Bonchev–Trinajstić information content (AvgIpc) is 2.62. The van der Waals surface area contributed by atoms with Crippen molar-refractivity contribution in [3.05, 3.63) is 65.2 Å². The largest absolute Gasteiger partial charge is 0.492 e. The summed E-state index contributed by atoms with van der Waals surface area (Å²) in [4.78, 5) is 25.8. The molecule has 2 aromatic carbocycles. The van der Waals surface area contributed by atoms with Gasteiger partial charge in [-0.15, -0.1) is 0 Å². The normalized spacial score (nSPS) is 10.2. The maximum absolute atomic E-state index is 12.1. The molecule has 0 spiro atoms. The molecule has 2 amide bonds. The molecule has 0 saturated carbocycles. The summed E-state index contributed by atoms with van der Waals surface area (Å²) in [6.45, 7) is 4.77. The molecule has 0 saturated heterocycles. The summed E-state index contributed by atoms with van der Waals surface area (Å²) >= 11 is 0. The van der Waals surface area contributed by atoms with Gasteiger partial charge in [0, 0.05) is 12.6 Å². The Hall–Kier alpha value is -2.82. The van der Waals surface area contributed by atoms with Gasteiger partial charge in [-0.2, -0.15) is 0 Å². The number of nitrogens with zero attached hydrogens (tertiary/aromatic N) is 1. The van der Waals surface area contributed by atoms with Crippen molar-refractivity contribution in [2.45, 2.75) is 13.8 Å². The van der Waals surface area contributed by atoms with Gasteiger partial charge in [-0.05, 0) is 49.2 Å². The summed E-state index contributed by atoms with van der Waals surface area (Å²) in [5.41, 5.74) is 2.74. The average molecular weight is 340 g/mol. The van der Waals surface area contributed by atoms with E-state index in [1.807, 2.05) is 56.3 Å². The van der Waals surface area contributed by atoms with E-state index in [1.165, 1.54) is 0 Å². The van der Waals surface area contributed by atoms with Crippen LogP contribution in [0.1, 0.15) is 21.5 Å². The Morgan fingerprint density at radius 1 is 1.04 bits per heavy atom. The highest BCUT2D eigenvalue weighted by atomic mass is 16.5. The Kier molecular flexibility index (Phi) is 6.57. The number of ether oxygens (including phenoxy) is 1. The summed E-state index contributed by atoms with van der Waals surface area (Å²) < 4.78 is 5.56. The standard InChI is InChI=1S/C20H24N2O3/c1-15-9-10-17(13-16(15)2)20(24)21-14-19(23)22(3)11-12-25-18-7-5-4-6-8-18/h4-10,13H,11-12,14H2,1-3H3,(H,21,24). The molecule has 2 rings (SSSR count). The lowest BCUT2D eigenvalue weighted by molar-refractivity contribution is -0.129. The molecule has 132 valence electrons. The summed E-state index contributed by atoms with van der Waals surface area (Å²) in [6.07, 6.45) is 0. The van der Waals surface area contributed by atoms with Gasteiger partial charge in [0.05, 0.1) is 13.1 Å². The van der Waals surface area contributed by atoms with Crippen LogP contribution in [-0.2, 0) is 4.79 Å². The van der Waals surface area contributed by atoms with Gasteiger partial charge in [0.2, 0.25) is 5.91 Å². The smallest absolute Gasteiger partial charge is 0.251 e. The number of hydrogen-bond donors (Lipinski definition) is 1. The lowest BCUT2D eigenvalue weighted by Crippen LogP contribution is -2.39. The lowest BCUT2D eigenvalue weighted by Gasteiger charge is -2.18. The van der Waals surface area contributed by atoms with Gasteiger partial charge in [-0.25, -0.2) is 0 Å². The number of nitrogens with one attached hydrogen (secondary N) is 1. The first-order valence-electron chi connectivity index (χ1n) is 8.24. The molecule has 0 aliphatic carbocycles. The summed E-state index contributed by atoms with van der Waals surface area (Å²) in [5.74, 6) is 0.366. The van der Waals surface area contributed by atoms with E-state index in [-0.39, 0.29) is 18.4 Å². The molecule has 1 N–H and O–H groups in total. The van der Waals surface area contributed by atoms with Crippen LogP contribution in [0.15, 0.2) is 48.5 Å². The molecule has 5 heteroatoms. The Bertz CT molecular complexity index is 729. The second-order valence-electron chi connectivity index (χ2n) is 5.96. The highest BCUT2D eigenvalue weighted by Gasteiger charge is 2.12. The number of rotatable bonds is 7. The van der Waals surface area contributed by atoms with Gasteiger partial charge in [0.1, 0.15) is 12.4 Å². The third kappa shape index (κ3) is 5.64. The van der Waals surface area contributed by atoms with Crippen molar-refractivity contribution >= 4 is 11.8 Å². The molecular weight excluding hydrogens is 316 g/mol. The number of amides is 2. The van der Waals surface area contributed by atoms with Gasteiger partial charge >= 0.3 is 0 Å². The van der Waals surface area contributed by atoms with Crippen molar-refractivity contribution in [2.75, 3.05) is 26.7 Å². The van der Waals surface area contributed by atoms with Crippen molar-refractivity contribution in [3.8, 4) is 5.75 Å². The molecule has 0 heterocycles. The summed E-state index contributed by atoms with van der Waals surface area (Å²) in [5, 5.41) is 2.66. The molecule has 0 fully saturated rings. The van der Waals surface area contributed by atoms with E-state index in [1.54, 1.807) is 18.0 Å². The fourth-order valence-electron chi connectivity index (χ4n) is 2.22. The van der Waals surface area contributed by atoms with E-state index in [0.717, 1.165) is 16.9 Å². The molecule has 0 aliphatic heterocycles. The zero-order valence-electron chi connectivity index (χ0n) is 14.9. The monoisotopic (exact) mass is 340 g/mol. The fraction of sp³-hybridized carbons (Fsp3) is 0.300. The summed E-state index contributed by atoms with van der Waals surface area (Å²) in [7, 11) is 1.69. The zero-order chi connectivity index (χ0) is 18.2. The van der Waals surface area contributed by atoms with E-state index in [9.17, 15) is 9.59 Å². The predicted molar refractivity (Wildman–Crippen MR) is 97.8 cm³/mol. The number of likely N-dealkylation sites (N-methyl/N-ethyl adjacent to an activating group) is 1. The van der Waals surface area contributed by atoms with Crippen molar-refractivity contribution in [1.82, 2.24) is 10.2 Å². The first-order chi connectivity index (χ1) is 12.0. The maximum Gasteiger partial charge on any atom is 0.251 e. The zero-order valence-corrected chi connectivity index (χ0v) is 14.9. The first-order valence-corrected chi connectivity index (χ1v) is 8.24. The van der Waals surface area contributed by atoms with Crippen molar-refractivity contribution in [1.29, 1.82) is 0 Å². The molecule has 0 aromatic heterocycles. The van der Waals surface area contributed by atoms with Crippen LogP contribution in [0.25, 0.3) is 0 Å². The molecule has 0 aliphatic rings. The molecule has 25 heavy (non-hydrogen) atoms. The topological polar surface area (TPSA) is 58.6 Å². The Labute approximate surface area is 148 Å². The number of hydrogen-bond acceptors (Lipinski definition) is 3. The molecular formula is C20H24N2O3. The minimum Gasteiger partial charge on any atom is -0.492 e. The number of aryl methyl sites for hydroxylation is 2. The Balaban J connectivity index is 1.75. The molecule has 5 nitrogen and oxygen atoms in total. The van der Waals surface area contributed by atoms with E-state index in [0.29, 0.717) is 18.7 Å². The van der Waals surface area contributed by atoms with Crippen LogP contribution in [0.4, 0.5) is 0 Å². The molecule has 0 radical (unpaired) electrons. The minimum absolute atomic E-state index is 0.0341. The predicted octanol–water partition coefficient (Wildman–Crippen LogP) is 2.57. The van der Waals surface area contributed by atoms with Crippen LogP contribution in [-0.4, -0.2) is 43.5 Å². The Morgan fingerprint density at radius 3 is 2.44 bits per heavy atom. The van der Waals surface area contributed by atoms with Gasteiger partial charge < -0.3 is 15.0 Å². The van der Waals surface area contributed by atoms with E-state index >= 15 is 0 Å². The van der Waals surface area contributed by atoms with E-state index < -0.39 is 0 Å². The highest BCUT2D eigenvalue weighted by molar-refractivity contribution is 5.96. The number of carbonyl (C=O) groups excluding carboxylic acids is 2. The third-order valence-corrected chi connectivity index (χ3v) is 4.03. The van der Waals surface area contributed by atoms with E-state index in [2.05, 4.69) is 5.32 Å². The van der Waals surface area contributed by atoms with Crippen LogP contribution in [0.5, 0.6) is 5.75 Å². The highest BCUT2D eigenvalue weighted by Crippen LogP contribution is 2.10. The fourth-order valence-corrected chi connectivity index (χ4v) is 2.22. The van der Waals surface area contributed by atoms with Gasteiger partial charge in [0.25, 0.3) is 5.91 Å². The Morgan fingerprint density at radius 2 is 1.76 bits per heavy atom. The van der Waals surface area contributed by atoms with Gasteiger partial charge in [0.15, 0.2) is 0 Å². The van der Waals surface area contributed by atoms with Crippen molar-refractivity contribution in [2.24, 2.45) is 0 Å². The third-order valence-electron chi connectivity index (χ3n) is 4.03. The number of carbonyl (C=O) groups is 2. The van der Waals surface area contributed by atoms with Gasteiger partial charge in [-0.3, -0.25) is 9.59 Å². The summed E-state index contributed by atoms with van der Waals surface area (Å²) in [6, 6.07) is 14.9. The van der Waals surface area contributed by atoms with Crippen LogP contribution >= 0.6 is 0 Å². The number of para-hydroxylation sites is 1. The molecule has 0 unspecified atom stereocenters. The number of benzene rings is 2. The van der Waals surface area contributed by atoms with Crippen molar-refractivity contribution in [3.63, 3.8) is 0 Å². The molecule has 0 atom stereocenters. The first kappa shape index (κ1) is 18.5. The van der Waals surface area contributed by atoms with Crippen LogP contribution in [0.3, 0.4) is 0 Å². The molecule has 0 bridgehead atoms. The van der Waals surface area contributed by atoms with Crippen molar-refractivity contribution < 1.29 is 14.3 Å². The quantitative estimate of drug-likeness (QED) is 0.843. The van der Waals surface area contributed by atoms with Gasteiger partial charge in [-0.1, -0.05) is 24.3 Å². The second-order valence-corrected chi connectivity index (χ2v) is 5.96. The molecule has 2 aromatic rings. The lowest BCUT2D eigenvalue weighted by atomic mass is 10.1. The van der Waals surface area contributed by atoms with Crippen LogP contribution in [0, 0.1) is 13.8 Å². The van der Waals surface area contributed by atoms with Crippen LogP contribution < -0.4 is 10.1 Å². The van der Waals surface area contributed by atoms with E-state index in [4.69, 9.17) is 4.74 Å². The maximum atomic E-state index is 12.1. The second kappa shape index (κ2) is 8.87. The van der Waals surface area contributed by atoms with Crippen LogP contribution in [0.2, 0.25) is 0 Å². The SMILES string of the molecule is Cc1ccc(C(=O)NCC(=O)N(C)CCOc2ccccc2)cc1C. The minimum atomic E-state index is -0.245.